The van der Waals surface area contributed by atoms with Crippen LogP contribution in [0.25, 0.3) is 0 Å². The summed E-state index contributed by atoms with van der Waals surface area (Å²) in [4.78, 5) is 27.5. The van der Waals surface area contributed by atoms with Gasteiger partial charge in [0.1, 0.15) is 5.92 Å². The quantitative estimate of drug-likeness (QED) is 0.812. The molecule has 19 heavy (non-hydrogen) atoms. The van der Waals surface area contributed by atoms with Crippen molar-refractivity contribution in [2.24, 2.45) is 4.99 Å². The van der Waals surface area contributed by atoms with Crippen LogP contribution >= 0.6 is 11.3 Å². The molecule has 0 saturated heterocycles. The molecular formula is C14H18N2O2S. The summed E-state index contributed by atoms with van der Waals surface area (Å²) in [6, 6.07) is 1.51. The average molecular weight is 278 g/mol. The second-order valence-corrected chi connectivity index (χ2v) is 5.62. The topological polar surface area (TPSA) is 58.5 Å². The molecule has 1 aliphatic heterocycles. The van der Waals surface area contributed by atoms with Crippen LogP contribution in [-0.2, 0) is 11.2 Å². The number of urea groups is 1. The molecule has 3 amide bonds. The van der Waals surface area contributed by atoms with Gasteiger partial charge in [0.15, 0.2) is 0 Å². The van der Waals surface area contributed by atoms with Crippen LogP contribution in [0.4, 0.5) is 4.79 Å². The predicted octanol–water partition coefficient (Wildman–Crippen LogP) is 3.28. The summed E-state index contributed by atoms with van der Waals surface area (Å²) in [5.74, 6) is -0.670. The van der Waals surface area contributed by atoms with Crippen molar-refractivity contribution in [3.63, 3.8) is 0 Å². The zero-order chi connectivity index (χ0) is 13.7. The summed E-state index contributed by atoms with van der Waals surface area (Å²) < 4.78 is 0. The molecule has 0 aromatic carbocycles. The van der Waals surface area contributed by atoms with E-state index in [2.05, 4.69) is 23.3 Å². The Morgan fingerprint density at radius 2 is 2.16 bits per heavy atom. The van der Waals surface area contributed by atoms with Crippen LogP contribution in [0.3, 0.4) is 0 Å². The van der Waals surface area contributed by atoms with E-state index in [4.69, 9.17) is 0 Å². The minimum Gasteiger partial charge on any atom is -0.275 e. The van der Waals surface area contributed by atoms with Crippen LogP contribution in [0, 0.1) is 0 Å². The normalized spacial score (nSPS) is 18.7. The maximum atomic E-state index is 11.8. The number of unbranched alkanes of at least 4 members (excludes halogenated alkanes) is 3. The summed E-state index contributed by atoms with van der Waals surface area (Å²) >= 11 is 1.56. The molecule has 102 valence electrons. The summed E-state index contributed by atoms with van der Waals surface area (Å²) in [6.07, 6.45) is 7.28. The predicted molar refractivity (Wildman–Crippen MR) is 76.9 cm³/mol. The lowest BCUT2D eigenvalue weighted by Gasteiger charge is -2.15. The van der Waals surface area contributed by atoms with E-state index in [0.717, 1.165) is 17.7 Å². The number of carbonyl (C=O) groups is 2. The van der Waals surface area contributed by atoms with Crippen LogP contribution in [0.15, 0.2) is 16.4 Å². The van der Waals surface area contributed by atoms with Crippen molar-refractivity contribution < 1.29 is 9.59 Å². The number of hydrogen-bond donors (Lipinski definition) is 1. The highest BCUT2D eigenvalue weighted by Gasteiger charge is 2.27. The molecule has 2 heterocycles. The number of carbonyl (C=O) groups excluding carboxylic acids is 2. The van der Waals surface area contributed by atoms with E-state index in [0.29, 0.717) is 0 Å². The number of imide groups is 1. The van der Waals surface area contributed by atoms with Gasteiger partial charge in [-0.3, -0.25) is 10.1 Å². The highest BCUT2D eigenvalue weighted by atomic mass is 32.1. The van der Waals surface area contributed by atoms with Gasteiger partial charge in [-0.1, -0.05) is 26.2 Å². The lowest BCUT2D eigenvalue weighted by Crippen LogP contribution is -2.37. The fourth-order valence-electron chi connectivity index (χ4n) is 2.18. The summed E-state index contributed by atoms with van der Waals surface area (Å²) in [5.41, 5.74) is 1.21. The Labute approximate surface area is 116 Å². The molecule has 0 aliphatic carbocycles. The molecule has 0 fully saturated rings. The van der Waals surface area contributed by atoms with Crippen molar-refractivity contribution in [2.45, 2.75) is 44.9 Å². The number of hydrogen-bond acceptors (Lipinski definition) is 3. The van der Waals surface area contributed by atoms with E-state index in [9.17, 15) is 9.59 Å². The zero-order valence-electron chi connectivity index (χ0n) is 11.0. The van der Waals surface area contributed by atoms with Gasteiger partial charge in [-0.05, 0) is 29.9 Å². The van der Waals surface area contributed by atoms with Gasteiger partial charge in [-0.2, -0.15) is 0 Å². The van der Waals surface area contributed by atoms with Gasteiger partial charge in [-0.25, -0.2) is 9.79 Å². The fourth-order valence-corrected chi connectivity index (χ4v) is 3.20. The summed E-state index contributed by atoms with van der Waals surface area (Å²) in [5, 5.41) is 4.25. The molecule has 0 radical (unpaired) electrons. The van der Waals surface area contributed by atoms with Gasteiger partial charge in [0.25, 0.3) is 0 Å². The molecule has 1 aliphatic rings. The van der Waals surface area contributed by atoms with E-state index < -0.39 is 11.9 Å². The number of aryl methyl sites for hydroxylation is 1. The van der Waals surface area contributed by atoms with E-state index in [-0.39, 0.29) is 5.91 Å². The molecule has 0 spiro atoms. The molecule has 0 saturated carbocycles. The SMILES string of the molecule is CCCCCCc1ccsc1C1C=NC(=O)NC1=O. The van der Waals surface area contributed by atoms with Gasteiger partial charge in [-0.15, -0.1) is 11.3 Å². The smallest absolute Gasteiger partial charge is 0.275 e. The highest BCUT2D eigenvalue weighted by molar-refractivity contribution is 7.10. The van der Waals surface area contributed by atoms with Crippen molar-refractivity contribution in [1.82, 2.24) is 5.32 Å². The molecule has 1 atom stereocenters. The van der Waals surface area contributed by atoms with Crippen LogP contribution < -0.4 is 5.32 Å². The Bertz CT molecular complexity index is 493. The second kappa shape index (κ2) is 6.61. The molecule has 4 nitrogen and oxygen atoms in total. The molecule has 1 unspecified atom stereocenters. The number of rotatable bonds is 6. The maximum Gasteiger partial charge on any atom is 0.347 e. The summed E-state index contributed by atoms with van der Waals surface area (Å²) in [7, 11) is 0. The molecule has 0 bridgehead atoms. The number of amides is 3. The monoisotopic (exact) mass is 278 g/mol. The van der Waals surface area contributed by atoms with E-state index in [1.54, 1.807) is 11.3 Å². The first-order valence-electron chi connectivity index (χ1n) is 6.67. The third-order valence-electron chi connectivity index (χ3n) is 3.22. The number of nitrogens with zero attached hydrogens (tertiary/aromatic N) is 1. The van der Waals surface area contributed by atoms with Crippen molar-refractivity contribution in [1.29, 1.82) is 0 Å². The average Bonchev–Trinajstić information content (AvgIpc) is 2.83. The van der Waals surface area contributed by atoms with Gasteiger partial charge in [0.2, 0.25) is 5.91 Å². The van der Waals surface area contributed by atoms with Gasteiger partial charge >= 0.3 is 6.03 Å². The Hall–Kier alpha value is -1.49. The van der Waals surface area contributed by atoms with Gasteiger partial charge < -0.3 is 0 Å². The second-order valence-electron chi connectivity index (χ2n) is 4.67. The molecule has 1 aromatic heterocycles. The first-order chi connectivity index (χ1) is 9.22. The standard InChI is InChI=1S/C14H18N2O2S/c1-2-3-4-5-6-10-7-8-19-12(10)11-9-15-14(18)16-13(11)17/h7-9,11H,2-6H2,1H3,(H,16,17,18). The van der Waals surface area contributed by atoms with Crippen LogP contribution in [-0.4, -0.2) is 18.2 Å². The number of nitrogens with one attached hydrogen (secondary N) is 1. The first-order valence-corrected chi connectivity index (χ1v) is 7.55. The van der Waals surface area contributed by atoms with Crippen molar-refractivity contribution in [2.75, 3.05) is 0 Å². The Balaban J connectivity index is 2.04. The van der Waals surface area contributed by atoms with Crippen molar-refractivity contribution >= 4 is 29.5 Å². The Morgan fingerprint density at radius 1 is 1.32 bits per heavy atom. The van der Waals surface area contributed by atoms with E-state index in [1.807, 2.05) is 5.38 Å². The number of aliphatic imine (C=N–C) groups is 1. The molecule has 1 N–H and O–H groups in total. The fraction of sp³-hybridized carbons (Fsp3) is 0.500. The van der Waals surface area contributed by atoms with Crippen molar-refractivity contribution in [3.05, 3.63) is 21.9 Å². The minimum absolute atomic E-state index is 0.266. The van der Waals surface area contributed by atoms with E-state index >= 15 is 0 Å². The van der Waals surface area contributed by atoms with Crippen LogP contribution in [0.1, 0.15) is 49.0 Å². The zero-order valence-corrected chi connectivity index (χ0v) is 11.8. The minimum atomic E-state index is -0.567. The first kappa shape index (κ1) is 13.9. The Kier molecular flexibility index (Phi) is 4.85. The summed E-state index contributed by atoms with van der Waals surface area (Å²) in [6.45, 7) is 2.19. The lowest BCUT2D eigenvalue weighted by atomic mass is 9.99. The lowest BCUT2D eigenvalue weighted by molar-refractivity contribution is -0.120. The largest absolute Gasteiger partial charge is 0.347 e. The molecule has 1 aromatic rings. The molecular weight excluding hydrogens is 260 g/mol. The molecule has 2 rings (SSSR count). The third-order valence-corrected chi connectivity index (χ3v) is 4.26. The van der Waals surface area contributed by atoms with Crippen LogP contribution in [0.2, 0.25) is 0 Å². The third kappa shape index (κ3) is 3.50. The van der Waals surface area contributed by atoms with Gasteiger partial charge in [0, 0.05) is 11.1 Å². The molecule has 5 heteroatoms. The van der Waals surface area contributed by atoms with Gasteiger partial charge in [0.05, 0.1) is 0 Å². The highest BCUT2D eigenvalue weighted by Crippen LogP contribution is 2.28. The van der Waals surface area contributed by atoms with Crippen LogP contribution in [0.5, 0.6) is 0 Å². The Morgan fingerprint density at radius 3 is 2.89 bits per heavy atom. The maximum absolute atomic E-state index is 11.8. The van der Waals surface area contributed by atoms with Crippen molar-refractivity contribution in [3.8, 4) is 0 Å². The number of thiophene rings is 1. The van der Waals surface area contributed by atoms with E-state index in [1.165, 1.54) is 31.0 Å².